The van der Waals surface area contributed by atoms with E-state index in [9.17, 15) is 4.79 Å². The standard InChI is InChI=1S/C14H21N3O/c1-14(2,3)16-13(18)17-8-4-5-10-6-7-11(15)9-12(10)17/h6-7,9H,4-5,8,15H2,1-3H3,(H,16,18). The third-order valence-corrected chi connectivity index (χ3v) is 2.96. The molecule has 1 aromatic rings. The lowest BCUT2D eigenvalue weighted by atomic mass is 10.0. The van der Waals surface area contributed by atoms with Crippen molar-refractivity contribution in [3.8, 4) is 0 Å². The highest BCUT2D eigenvalue weighted by Gasteiger charge is 2.25. The molecule has 0 aliphatic carbocycles. The largest absolute Gasteiger partial charge is 0.399 e. The zero-order valence-electron chi connectivity index (χ0n) is 11.3. The smallest absolute Gasteiger partial charge is 0.322 e. The van der Waals surface area contributed by atoms with E-state index in [1.54, 1.807) is 4.90 Å². The Bertz CT molecular complexity index is 463. The summed E-state index contributed by atoms with van der Waals surface area (Å²) in [6.45, 7) is 6.69. The van der Waals surface area contributed by atoms with Gasteiger partial charge in [-0.1, -0.05) is 6.07 Å². The lowest BCUT2D eigenvalue weighted by Crippen LogP contribution is -2.50. The average molecular weight is 247 g/mol. The Morgan fingerprint density at radius 2 is 2.11 bits per heavy atom. The third kappa shape index (κ3) is 2.75. The van der Waals surface area contributed by atoms with Crippen molar-refractivity contribution in [1.82, 2.24) is 5.32 Å². The molecule has 18 heavy (non-hydrogen) atoms. The van der Waals surface area contributed by atoms with Gasteiger partial charge in [-0.2, -0.15) is 0 Å². The predicted octanol–water partition coefficient (Wildman–Crippen LogP) is 2.53. The Hall–Kier alpha value is -1.71. The van der Waals surface area contributed by atoms with Crippen molar-refractivity contribution >= 4 is 17.4 Å². The van der Waals surface area contributed by atoms with E-state index in [1.165, 1.54) is 5.56 Å². The van der Waals surface area contributed by atoms with Gasteiger partial charge in [-0.05, 0) is 51.3 Å². The normalized spacial score (nSPS) is 15.2. The number of carbonyl (C=O) groups excluding carboxylic acids is 1. The summed E-state index contributed by atoms with van der Waals surface area (Å²) in [5, 5.41) is 3.00. The minimum atomic E-state index is -0.227. The van der Waals surface area contributed by atoms with Crippen LogP contribution in [0.25, 0.3) is 0 Å². The monoisotopic (exact) mass is 247 g/mol. The molecule has 2 rings (SSSR count). The van der Waals surface area contributed by atoms with Crippen LogP contribution in [0.2, 0.25) is 0 Å². The minimum absolute atomic E-state index is 0.0472. The summed E-state index contributed by atoms with van der Waals surface area (Å²) in [5.74, 6) is 0. The molecule has 1 aliphatic rings. The predicted molar refractivity (Wildman–Crippen MR) is 74.8 cm³/mol. The van der Waals surface area contributed by atoms with Gasteiger partial charge in [-0.25, -0.2) is 4.79 Å². The molecule has 0 aromatic heterocycles. The number of fused-ring (bicyclic) bond motifs is 1. The molecule has 0 spiro atoms. The number of carbonyl (C=O) groups is 1. The number of amides is 2. The quantitative estimate of drug-likeness (QED) is 0.692. The molecule has 0 saturated carbocycles. The average Bonchev–Trinajstić information content (AvgIpc) is 2.25. The second-order valence-electron chi connectivity index (χ2n) is 5.82. The van der Waals surface area contributed by atoms with Gasteiger partial charge in [0.2, 0.25) is 0 Å². The molecule has 0 fully saturated rings. The van der Waals surface area contributed by atoms with Crippen LogP contribution in [0.15, 0.2) is 18.2 Å². The van der Waals surface area contributed by atoms with Gasteiger partial charge in [-0.3, -0.25) is 4.90 Å². The molecule has 0 unspecified atom stereocenters. The maximum atomic E-state index is 12.3. The van der Waals surface area contributed by atoms with Crippen LogP contribution in [0.1, 0.15) is 32.8 Å². The lowest BCUT2D eigenvalue weighted by molar-refractivity contribution is 0.237. The van der Waals surface area contributed by atoms with Gasteiger partial charge in [0, 0.05) is 17.8 Å². The van der Waals surface area contributed by atoms with E-state index in [4.69, 9.17) is 5.73 Å². The molecule has 2 amide bonds. The SMILES string of the molecule is CC(C)(C)NC(=O)N1CCCc2ccc(N)cc21. The Balaban J connectivity index is 2.27. The summed E-state index contributed by atoms with van der Waals surface area (Å²) < 4.78 is 0. The van der Waals surface area contributed by atoms with Crippen molar-refractivity contribution in [3.63, 3.8) is 0 Å². The summed E-state index contributed by atoms with van der Waals surface area (Å²) in [4.78, 5) is 14.1. The Morgan fingerprint density at radius 3 is 2.78 bits per heavy atom. The number of urea groups is 1. The number of nitrogens with one attached hydrogen (secondary N) is 1. The molecule has 0 saturated heterocycles. The Labute approximate surface area is 108 Å². The number of nitrogens with two attached hydrogens (primary N) is 1. The highest BCUT2D eigenvalue weighted by Crippen LogP contribution is 2.29. The Kier molecular flexibility index (Phi) is 3.20. The summed E-state index contributed by atoms with van der Waals surface area (Å²) in [5.41, 5.74) is 8.43. The van der Waals surface area contributed by atoms with E-state index < -0.39 is 0 Å². The first kappa shape index (κ1) is 12.7. The number of nitrogens with zero attached hydrogens (tertiary/aromatic N) is 1. The first-order chi connectivity index (χ1) is 8.37. The van der Waals surface area contributed by atoms with E-state index in [0.717, 1.165) is 25.1 Å². The first-order valence-corrected chi connectivity index (χ1v) is 6.35. The fourth-order valence-corrected chi connectivity index (χ4v) is 2.19. The summed E-state index contributed by atoms with van der Waals surface area (Å²) in [6.07, 6.45) is 2.00. The van der Waals surface area contributed by atoms with E-state index >= 15 is 0 Å². The third-order valence-electron chi connectivity index (χ3n) is 2.96. The van der Waals surface area contributed by atoms with Crippen LogP contribution in [0, 0.1) is 0 Å². The summed E-state index contributed by atoms with van der Waals surface area (Å²) in [6, 6.07) is 5.75. The van der Waals surface area contributed by atoms with Gasteiger partial charge in [0.15, 0.2) is 0 Å². The number of anilines is 2. The molecule has 3 N–H and O–H groups in total. The summed E-state index contributed by atoms with van der Waals surface area (Å²) >= 11 is 0. The maximum absolute atomic E-state index is 12.3. The van der Waals surface area contributed by atoms with Crippen molar-refractivity contribution in [1.29, 1.82) is 0 Å². The number of benzene rings is 1. The van der Waals surface area contributed by atoms with Gasteiger partial charge >= 0.3 is 6.03 Å². The zero-order chi connectivity index (χ0) is 13.3. The number of rotatable bonds is 0. The Morgan fingerprint density at radius 1 is 1.39 bits per heavy atom. The zero-order valence-corrected chi connectivity index (χ0v) is 11.3. The highest BCUT2D eigenvalue weighted by molar-refractivity contribution is 5.94. The molecule has 4 heteroatoms. The van der Waals surface area contributed by atoms with Crippen LogP contribution in [0.5, 0.6) is 0 Å². The van der Waals surface area contributed by atoms with Gasteiger partial charge in [0.05, 0.1) is 5.69 Å². The van der Waals surface area contributed by atoms with Crippen LogP contribution >= 0.6 is 0 Å². The van der Waals surface area contributed by atoms with E-state index in [1.807, 2.05) is 39.0 Å². The van der Waals surface area contributed by atoms with Crippen molar-refractivity contribution in [2.24, 2.45) is 0 Å². The number of hydrogen-bond donors (Lipinski definition) is 2. The van der Waals surface area contributed by atoms with Crippen LogP contribution in [0.3, 0.4) is 0 Å². The van der Waals surface area contributed by atoms with Crippen LogP contribution in [-0.4, -0.2) is 18.1 Å². The van der Waals surface area contributed by atoms with Crippen LogP contribution in [0.4, 0.5) is 16.2 Å². The fourth-order valence-electron chi connectivity index (χ4n) is 2.19. The van der Waals surface area contributed by atoms with Gasteiger partial charge in [-0.15, -0.1) is 0 Å². The lowest BCUT2D eigenvalue weighted by Gasteiger charge is -2.32. The fraction of sp³-hybridized carbons (Fsp3) is 0.500. The second kappa shape index (κ2) is 4.52. The number of hydrogen-bond acceptors (Lipinski definition) is 2. The number of nitrogen functional groups attached to an aromatic ring is 1. The van der Waals surface area contributed by atoms with Crippen LogP contribution in [-0.2, 0) is 6.42 Å². The molecular weight excluding hydrogens is 226 g/mol. The van der Waals surface area contributed by atoms with Crippen LogP contribution < -0.4 is 16.0 Å². The minimum Gasteiger partial charge on any atom is -0.399 e. The van der Waals surface area contributed by atoms with Gasteiger partial charge in [0.25, 0.3) is 0 Å². The van der Waals surface area contributed by atoms with E-state index in [0.29, 0.717) is 5.69 Å². The topological polar surface area (TPSA) is 58.4 Å². The molecule has 98 valence electrons. The van der Waals surface area contributed by atoms with Gasteiger partial charge in [0.1, 0.15) is 0 Å². The molecule has 0 radical (unpaired) electrons. The summed E-state index contributed by atoms with van der Waals surface area (Å²) in [7, 11) is 0. The van der Waals surface area contributed by atoms with Crippen molar-refractivity contribution < 1.29 is 4.79 Å². The second-order valence-corrected chi connectivity index (χ2v) is 5.82. The molecule has 1 heterocycles. The van der Waals surface area contributed by atoms with E-state index in [2.05, 4.69) is 5.32 Å². The molecular formula is C14H21N3O. The first-order valence-electron chi connectivity index (χ1n) is 6.35. The number of aryl methyl sites for hydroxylation is 1. The molecule has 1 aromatic carbocycles. The van der Waals surface area contributed by atoms with Crippen molar-refractivity contribution in [3.05, 3.63) is 23.8 Å². The molecule has 0 atom stereocenters. The van der Waals surface area contributed by atoms with E-state index in [-0.39, 0.29) is 11.6 Å². The molecule has 1 aliphatic heterocycles. The van der Waals surface area contributed by atoms with Crippen molar-refractivity contribution in [2.45, 2.75) is 39.2 Å². The highest BCUT2D eigenvalue weighted by atomic mass is 16.2. The molecule has 0 bridgehead atoms. The van der Waals surface area contributed by atoms with Crippen molar-refractivity contribution in [2.75, 3.05) is 17.2 Å². The maximum Gasteiger partial charge on any atom is 0.322 e. The molecule has 4 nitrogen and oxygen atoms in total. The van der Waals surface area contributed by atoms with Gasteiger partial charge < -0.3 is 11.1 Å².